The van der Waals surface area contributed by atoms with E-state index in [9.17, 15) is 32.8 Å². The van der Waals surface area contributed by atoms with Crippen molar-refractivity contribution < 1.29 is 37.5 Å². The summed E-state index contributed by atoms with van der Waals surface area (Å²) >= 11 is 0. The molecule has 1 heterocycles. The topological polar surface area (TPSA) is 134 Å². The van der Waals surface area contributed by atoms with E-state index in [4.69, 9.17) is 0 Å². The fourth-order valence-corrected chi connectivity index (χ4v) is 4.99. The van der Waals surface area contributed by atoms with Crippen molar-refractivity contribution >= 4 is 29.6 Å². The summed E-state index contributed by atoms with van der Waals surface area (Å²) in [7, 11) is 2.41. The van der Waals surface area contributed by atoms with E-state index in [-0.39, 0.29) is 18.4 Å². The SMILES string of the molecule is CNC(=O)C(=O)[C@H](CCC(C)(F)F)NC(=O)C1C(C2CC2C)CCN1C(=O)[C@@H](NC(=O)OC)C(C)(C)C. The lowest BCUT2D eigenvalue weighted by Crippen LogP contribution is -2.60. The molecule has 4 amide bonds. The van der Waals surface area contributed by atoms with Crippen molar-refractivity contribution in [1.29, 1.82) is 0 Å². The van der Waals surface area contributed by atoms with Crippen molar-refractivity contribution in [3.63, 3.8) is 0 Å². The molecule has 12 heteroatoms. The predicted molar refractivity (Wildman–Crippen MR) is 131 cm³/mol. The fraction of sp³-hybridized carbons (Fsp3) is 0.800. The van der Waals surface area contributed by atoms with Crippen LogP contribution in [-0.2, 0) is 23.9 Å². The number of hydrogen-bond donors (Lipinski definition) is 3. The Morgan fingerprint density at radius 2 is 1.65 bits per heavy atom. The molecule has 1 aliphatic heterocycles. The van der Waals surface area contributed by atoms with Gasteiger partial charge in [-0.3, -0.25) is 19.2 Å². The van der Waals surface area contributed by atoms with Crippen LogP contribution in [0.3, 0.4) is 0 Å². The Labute approximate surface area is 216 Å². The highest BCUT2D eigenvalue weighted by Gasteiger charge is 2.53. The number of likely N-dealkylation sites (tertiary alicyclic amines) is 1. The summed E-state index contributed by atoms with van der Waals surface area (Å²) in [4.78, 5) is 65.3. The minimum Gasteiger partial charge on any atom is -0.453 e. The number of amides is 4. The summed E-state index contributed by atoms with van der Waals surface area (Å²) in [6.07, 6.45) is -0.539. The Balaban J connectivity index is 2.36. The molecule has 0 spiro atoms. The first-order valence-electron chi connectivity index (χ1n) is 12.6. The zero-order valence-corrected chi connectivity index (χ0v) is 22.7. The number of methoxy groups -OCH3 is 1. The second kappa shape index (κ2) is 11.7. The predicted octanol–water partition coefficient (Wildman–Crippen LogP) is 1.87. The summed E-state index contributed by atoms with van der Waals surface area (Å²) in [6, 6.07) is -3.46. The van der Waals surface area contributed by atoms with Crippen molar-refractivity contribution in [3.8, 4) is 0 Å². The molecular weight excluding hydrogens is 490 g/mol. The van der Waals surface area contributed by atoms with Crippen molar-refractivity contribution in [2.75, 3.05) is 20.7 Å². The molecule has 0 radical (unpaired) electrons. The number of alkyl carbamates (subject to hydrolysis) is 1. The summed E-state index contributed by atoms with van der Waals surface area (Å²) in [5.74, 6) is -5.98. The Morgan fingerprint density at radius 3 is 2.11 bits per heavy atom. The molecule has 1 saturated heterocycles. The second-order valence-electron chi connectivity index (χ2n) is 11.4. The number of nitrogens with one attached hydrogen (secondary N) is 3. The van der Waals surface area contributed by atoms with E-state index in [2.05, 4.69) is 20.7 Å². The largest absolute Gasteiger partial charge is 0.453 e. The van der Waals surface area contributed by atoms with Crippen LogP contribution in [0.1, 0.15) is 60.3 Å². The van der Waals surface area contributed by atoms with Gasteiger partial charge in [0.2, 0.25) is 23.5 Å². The minimum atomic E-state index is -3.10. The van der Waals surface area contributed by atoms with E-state index < -0.39 is 71.9 Å². The third-order valence-electron chi connectivity index (χ3n) is 7.23. The van der Waals surface area contributed by atoms with Crippen LogP contribution in [0.2, 0.25) is 0 Å². The van der Waals surface area contributed by atoms with Gasteiger partial charge in [-0.05, 0) is 49.4 Å². The molecule has 10 nitrogen and oxygen atoms in total. The fourth-order valence-electron chi connectivity index (χ4n) is 4.99. The summed E-state index contributed by atoms with van der Waals surface area (Å²) in [5.41, 5.74) is -0.721. The number of carbonyl (C=O) groups excluding carboxylic acids is 5. The molecule has 37 heavy (non-hydrogen) atoms. The maximum atomic E-state index is 13.7. The molecular formula is C25H40F2N4O6. The van der Waals surface area contributed by atoms with Crippen LogP contribution in [-0.4, -0.2) is 79.2 Å². The smallest absolute Gasteiger partial charge is 0.407 e. The van der Waals surface area contributed by atoms with Crippen LogP contribution in [0.5, 0.6) is 0 Å². The van der Waals surface area contributed by atoms with Gasteiger partial charge in [0.15, 0.2) is 0 Å². The van der Waals surface area contributed by atoms with Crippen molar-refractivity contribution in [2.24, 2.45) is 23.2 Å². The highest BCUT2D eigenvalue weighted by atomic mass is 19.3. The third kappa shape index (κ3) is 7.85. The van der Waals surface area contributed by atoms with Crippen LogP contribution < -0.4 is 16.0 Å². The van der Waals surface area contributed by atoms with E-state index in [1.165, 1.54) is 19.1 Å². The average Bonchev–Trinajstić information content (AvgIpc) is 3.36. The highest BCUT2D eigenvalue weighted by Crippen LogP contribution is 2.49. The highest BCUT2D eigenvalue weighted by molar-refractivity contribution is 6.38. The molecule has 2 rings (SSSR count). The molecule has 210 valence electrons. The van der Waals surface area contributed by atoms with Crippen LogP contribution in [0, 0.1) is 23.2 Å². The molecule has 6 atom stereocenters. The Bertz CT molecular complexity index is 901. The quantitative estimate of drug-likeness (QED) is 0.369. The maximum absolute atomic E-state index is 13.7. The number of ketones is 1. The molecule has 1 saturated carbocycles. The average molecular weight is 531 g/mol. The van der Waals surface area contributed by atoms with Crippen LogP contribution in [0.25, 0.3) is 0 Å². The Kier molecular flexibility index (Phi) is 9.64. The third-order valence-corrected chi connectivity index (χ3v) is 7.23. The lowest BCUT2D eigenvalue weighted by molar-refractivity contribution is -0.145. The number of Topliss-reactive ketones (excluding diaryl/α,β-unsaturated/α-hetero) is 1. The summed E-state index contributed by atoms with van der Waals surface area (Å²) in [5, 5.41) is 7.22. The number of likely N-dealkylation sites (N-methyl/N-ethyl adjacent to an activating group) is 1. The lowest BCUT2D eigenvalue weighted by Gasteiger charge is -2.36. The first-order chi connectivity index (χ1) is 17.0. The van der Waals surface area contributed by atoms with E-state index in [1.807, 2.05) is 6.92 Å². The van der Waals surface area contributed by atoms with Gasteiger partial charge in [-0.1, -0.05) is 27.7 Å². The standard InChI is InChI=1S/C25H40F2N4O6/c1-13-12-15(13)14-9-11-31(22(35)19(24(2,3)4)30-23(36)37-7)17(14)20(33)29-16(8-10-25(5,26)27)18(32)21(34)28-6/h13-17,19H,8-12H2,1-7H3,(H,28,34)(H,29,33)(H,30,36)/t13?,14?,15?,16-,17?,19+/m0/s1. The van der Waals surface area contributed by atoms with Gasteiger partial charge in [-0.25, -0.2) is 13.6 Å². The number of carbonyl (C=O) groups is 5. The van der Waals surface area contributed by atoms with Crippen LogP contribution >= 0.6 is 0 Å². The minimum absolute atomic E-state index is 0.184. The molecule has 0 aromatic rings. The number of rotatable bonds is 10. The normalized spacial score (nSPS) is 25.1. The van der Waals surface area contributed by atoms with Gasteiger partial charge < -0.3 is 25.6 Å². The Hall–Kier alpha value is -2.79. The molecule has 2 fully saturated rings. The molecule has 0 aromatic carbocycles. The van der Waals surface area contributed by atoms with Gasteiger partial charge in [0.25, 0.3) is 5.91 Å². The van der Waals surface area contributed by atoms with Crippen LogP contribution in [0.4, 0.5) is 13.6 Å². The van der Waals surface area contributed by atoms with Crippen LogP contribution in [0.15, 0.2) is 0 Å². The number of alkyl halides is 2. The second-order valence-corrected chi connectivity index (χ2v) is 11.4. The first-order valence-corrected chi connectivity index (χ1v) is 12.6. The molecule has 1 aliphatic carbocycles. The monoisotopic (exact) mass is 530 g/mol. The van der Waals surface area contributed by atoms with Gasteiger partial charge in [-0.15, -0.1) is 0 Å². The van der Waals surface area contributed by atoms with Gasteiger partial charge >= 0.3 is 6.09 Å². The van der Waals surface area contributed by atoms with Crippen molar-refractivity contribution in [2.45, 2.75) is 84.4 Å². The molecule has 3 N–H and O–H groups in total. The molecule has 0 bridgehead atoms. The molecule has 4 unspecified atom stereocenters. The number of hydrogen-bond acceptors (Lipinski definition) is 6. The van der Waals surface area contributed by atoms with E-state index in [1.54, 1.807) is 20.8 Å². The van der Waals surface area contributed by atoms with Crippen molar-refractivity contribution in [1.82, 2.24) is 20.9 Å². The summed E-state index contributed by atoms with van der Waals surface area (Å²) < 4.78 is 31.8. The number of ether oxygens (including phenoxy) is 1. The van der Waals surface area contributed by atoms with E-state index in [0.29, 0.717) is 19.3 Å². The molecule has 2 aliphatic rings. The van der Waals surface area contributed by atoms with Gasteiger partial charge in [0.1, 0.15) is 12.1 Å². The zero-order chi connectivity index (χ0) is 28.3. The Morgan fingerprint density at radius 1 is 1.05 bits per heavy atom. The summed E-state index contributed by atoms with van der Waals surface area (Å²) in [6.45, 7) is 8.28. The van der Waals surface area contributed by atoms with E-state index >= 15 is 0 Å². The van der Waals surface area contributed by atoms with Gasteiger partial charge in [0, 0.05) is 20.0 Å². The number of halogens is 2. The zero-order valence-electron chi connectivity index (χ0n) is 22.7. The van der Waals surface area contributed by atoms with Gasteiger partial charge in [-0.2, -0.15) is 0 Å². The van der Waals surface area contributed by atoms with E-state index in [0.717, 1.165) is 6.42 Å². The first kappa shape index (κ1) is 30.4. The maximum Gasteiger partial charge on any atom is 0.407 e. The van der Waals surface area contributed by atoms with Crippen molar-refractivity contribution in [3.05, 3.63) is 0 Å². The number of nitrogens with zero attached hydrogens (tertiary/aromatic N) is 1. The molecule has 0 aromatic heterocycles. The van der Waals surface area contributed by atoms with Gasteiger partial charge in [0.05, 0.1) is 13.2 Å². The lowest BCUT2D eigenvalue weighted by atomic mass is 9.85.